The Labute approximate surface area is 435 Å². The van der Waals surface area contributed by atoms with E-state index in [1.165, 1.54) is 13.8 Å². The van der Waals surface area contributed by atoms with Gasteiger partial charge >= 0.3 is 40.9 Å². The second-order valence-corrected chi connectivity index (χ2v) is 22.0. The third-order valence-electron chi connectivity index (χ3n) is 15.0. The van der Waals surface area contributed by atoms with Crippen molar-refractivity contribution in [2.75, 3.05) is 0 Å². The van der Waals surface area contributed by atoms with Crippen molar-refractivity contribution in [3.8, 4) is 0 Å². The van der Waals surface area contributed by atoms with E-state index in [1.807, 2.05) is 102 Å². The Morgan fingerprint density at radius 3 is 1.42 bits per heavy atom. The number of benzene rings is 6. The van der Waals surface area contributed by atoms with Crippen LogP contribution in [0, 0.1) is 0 Å². The molecule has 4 aliphatic rings. The van der Waals surface area contributed by atoms with Gasteiger partial charge in [-0.15, -0.1) is 0 Å². The third kappa shape index (κ3) is 7.91. The molecule has 1 saturated carbocycles. The molecule has 0 bridgehead atoms. The summed E-state index contributed by atoms with van der Waals surface area (Å²) in [7, 11) is 0. The molecule has 6 atom stereocenters. The van der Waals surface area contributed by atoms with Crippen molar-refractivity contribution in [1.82, 2.24) is 29.7 Å². The number of hydrogen-bond donors (Lipinski definition) is 6. The number of imide groups is 2. The number of aliphatic hydroxyl groups is 2. The third-order valence-corrected chi connectivity index (χ3v) is 15.0. The molecule has 14 rings (SSSR count). The first kappa shape index (κ1) is 49.1. The van der Waals surface area contributed by atoms with Gasteiger partial charge in [0.1, 0.15) is 24.4 Å². The number of rotatable bonds is 4. The summed E-state index contributed by atoms with van der Waals surface area (Å²) in [5.74, 6) is -2.43. The van der Waals surface area contributed by atoms with Crippen molar-refractivity contribution in [3.05, 3.63) is 131 Å². The molecule has 0 spiro atoms. The quantitative estimate of drug-likeness (QED) is 0.0554. The van der Waals surface area contributed by atoms with Crippen LogP contribution in [0.5, 0.6) is 0 Å². The molecule has 6 aromatic carbocycles. The Kier molecular flexibility index (Phi) is 11.6. The zero-order chi connectivity index (χ0) is 53.9. The number of aromatic amines is 2. The molecule has 21 heteroatoms. The molecule has 77 heavy (non-hydrogen) atoms. The first-order valence-corrected chi connectivity index (χ1v) is 28.7. The number of aliphatic hydroxyl groups excluding tert-OH is 2. The fourth-order valence-corrected chi connectivity index (χ4v) is 12.3. The molecular weight excluding hydrogens is 1170 g/mol. The van der Waals surface area contributed by atoms with E-state index in [2.05, 4.69) is 37.3 Å². The molecule has 10 aromatic rings. The van der Waals surface area contributed by atoms with E-state index in [9.17, 15) is 39.0 Å². The van der Waals surface area contributed by atoms with Gasteiger partial charge in [0.2, 0.25) is 0 Å². The standard InChI is InChI=1S/C28H23N3O6.C28H21N3O4.4O.Os/c1-12(32)37-18-11-10-17(25(33)26(18)34)31-16-9-5-3-7-14(16)20-22-21(27(35)30-28(22)36)19-13-6-2-4-8-15(13)29-23(19)24(20)31;1-14(32)35-16-12-10-15(11-13-16)31-20-9-5-3-7-18(20)22-24-23(27(33)30-28(24)34)21-17-6-2-4-8-19(17)29-25(21)26(22)31;;;;;/h2-9,17-18,25-26,29,33-34H,10-11H2,1H3,(H,30,35,36);2-10,12,15-16,29H,11,13H2,1H3,(H,30,33,34);;;;;/t17?,18-,25+,26-;15?,16-;;;;;/m10...../s1. The van der Waals surface area contributed by atoms with Crippen molar-refractivity contribution in [2.24, 2.45) is 0 Å². The predicted octanol–water partition coefficient (Wildman–Crippen LogP) is 7.96. The SMILES string of the molecule is CC(=O)O[C@@H]1CCC(n2c3ccccc3c3c4c(c5c6ccccc6[nH]c5c32)C(=O)NC4=O)[C@H](O)[C@@H]1O.CC(=O)O[C@H]1C=CC(n2c3ccccc3c3c4c(c5c6ccccc6[nH]c5c32)C(=O)NC4=O)CC1.[O]=[Os](=[O])(=[O])=[O]. The van der Waals surface area contributed by atoms with E-state index in [0.717, 1.165) is 71.8 Å². The van der Waals surface area contributed by atoms with Crippen LogP contribution in [0.1, 0.15) is 93.0 Å². The second kappa shape index (κ2) is 18.2. The molecule has 0 saturated heterocycles. The van der Waals surface area contributed by atoms with Crippen LogP contribution in [-0.2, 0) is 48.1 Å². The van der Waals surface area contributed by atoms with Crippen LogP contribution in [0.4, 0.5) is 0 Å². The van der Waals surface area contributed by atoms with Gasteiger partial charge in [0, 0.05) is 79.0 Å². The van der Waals surface area contributed by atoms with Crippen molar-refractivity contribution >= 4 is 123 Å². The van der Waals surface area contributed by atoms with Crippen LogP contribution in [0.15, 0.2) is 109 Å². The van der Waals surface area contributed by atoms with Crippen LogP contribution in [0.25, 0.3) is 87.2 Å². The number of hydrogen-bond acceptors (Lipinski definition) is 14. The number of fused-ring (bicyclic) bond motifs is 20. The van der Waals surface area contributed by atoms with Gasteiger partial charge in [-0.2, -0.15) is 0 Å². The van der Waals surface area contributed by atoms with E-state index in [4.69, 9.17) is 23.6 Å². The molecule has 1 fully saturated rings. The summed E-state index contributed by atoms with van der Waals surface area (Å²) in [6.45, 7) is 2.70. The topological polar surface area (TPSA) is 295 Å². The average Bonchev–Trinajstić information content (AvgIpc) is 4.06. The van der Waals surface area contributed by atoms with Gasteiger partial charge < -0.3 is 38.8 Å². The molecule has 0 radical (unpaired) electrons. The van der Waals surface area contributed by atoms with Gasteiger partial charge in [-0.25, -0.2) is 0 Å². The normalized spacial score (nSPS) is 21.1. The zero-order valence-electron chi connectivity index (χ0n) is 40.7. The molecule has 390 valence electrons. The summed E-state index contributed by atoms with van der Waals surface area (Å²) in [5.41, 5.74) is 8.12. The predicted molar refractivity (Wildman–Crippen MR) is 273 cm³/mol. The summed E-state index contributed by atoms with van der Waals surface area (Å²) in [6.07, 6.45) is 2.72. The maximum absolute atomic E-state index is 13.2. The summed E-state index contributed by atoms with van der Waals surface area (Å²) < 4.78 is 49.4. The Bertz CT molecular complexity index is 4570. The number of allylic oxidation sites excluding steroid dienone is 1. The summed E-state index contributed by atoms with van der Waals surface area (Å²) in [6, 6.07) is 30.4. The van der Waals surface area contributed by atoms with Crippen molar-refractivity contribution in [1.29, 1.82) is 0 Å². The van der Waals surface area contributed by atoms with Crippen LogP contribution in [0.3, 0.4) is 0 Å². The number of nitrogens with zero attached hydrogens (tertiary/aromatic N) is 2. The monoisotopic (exact) mass is 1220 g/mol. The molecule has 20 nitrogen and oxygen atoms in total. The number of aromatic nitrogens is 4. The van der Waals surface area contributed by atoms with Crippen molar-refractivity contribution < 1.29 is 77.5 Å². The fraction of sp³-hybridized carbons (Fsp3) is 0.214. The van der Waals surface area contributed by atoms with Gasteiger partial charge in [0.05, 0.1) is 56.4 Å². The van der Waals surface area contributed by atoms with Gasteiger partial charge in [0.25, 0.3) is 23.6 Å². The second-order valence-electron chi connectivity index (χ2n) is 19.4. The first-order valence-electron chi connectivity index (χ1n) is 24.6. The van der Waals surface area contributed by atoms with Gasteiger partial charge in [-0.05, 0) is 56.0 Å². The number of para-hydroxylation sites is 4. The first-order chi connectivity index (χ1) is 36.9. The van der Waals surface area contributed by atoms with Crippen LogP contribution < -0.4 is 10.6 Å². The van der Waals surface area contributed by atoms with Gasteiger partial charge in [-0.1, -0.05) is 78.9 Å². The summed E-state index contributed by atoms with van der Waals surface area (Å²) >= 11 is -6.06. The Balaban J connectivity index is 0.000000143. The molecule has 6 N–H and O–H groups in total. The molecule has 4 amide bonds. The molecule has 2 aliphatic heterocycles. The fourth-order valence-electron chi connectivity index (χ4n) is 12.3. The number of nitrogens with one attached hydrogen (secondary N) is 4. The Morgan fingerprint density at radius 1 is 0.519 bits per heavy atom. The van der Waals surface area contributed by atoms with Gasteiger partial charge in [0.15, 0.2) is 0 Å². The van der Waals surface area contributed by atoms with Crippen LogP contribution >= 0.6 is 0 Å². The number of carbonyl (C=O) groups excluding carboxylic acids is 6. The number of ether oxygens (including phenoxy) is 2. The van der Waals surface area contributed by atoms with E-state index in [-0.39, 0.29) is 29.9 Å². The maximum atomic E-state index is 13.2. The average molecular weight is 1220 g/mol. The number of H-pyrrole nitrogens is 2. The summed E-state index contributed by atoms with van der Waals surface area (Å²) in [4.78, 5) is 82.4. The molecule has 2 unspecified atom stereocenters. The zero-order valence-corrected chi connectivity index (χ0v) is 43.3. The van der Waals surface area contributed by atoms with Crippen LogP contribution in [0.2, 0.25) is 0 Å². The van der Waals surface area contributed by atoms with Gasteiger partial charge in [-0.3, -0.25) is 39.4 Å². The minimum absolute atomic E-state index is 0.00274. The van der Waals surface area contributed by atoms with Crippen molar-refractivity contribution in [3.63, 3.8) is 0 Å². The molecule has 2 aliphatic carbocycles. The minimum atomic E-state index is -6.06. The number of carbonyl (C=O) groups is 6. The van der Waals surface area contributed by atoms with E-state index >= 15 is 0 Å². The molecule has 4 aromatic heterocycles. The summed E-state index contributed by atoms with van der Waals surface area (Å²) in [5, 5.41) is 33.5. The van der Waals surface area contributed by atoms with Crippen molar-refractivity contribution in [2.45, 2.75) is 76.0 Å². The van der Waals surface area contributed by atoms with E-state index < -0.39 is 57.0 Å². The molecular formula is C56H44N6O14Os. The van der Waals surface area contributed by atoms with Crippen LogP contribution in [-0.4, -0.2) is 89.3 Å². The Morgan fingerprint density at radius 2 is 0.948 bits per heavy atom. The Hall–Kier alpha value is -8.76. The number of esters is 2. The van der Waals surface area contributed by atoms with E-state index in [0.29, 0.717) is 63.3 Å². The number of amides is 4. The molecule has 6 heterocycles. The van der Waals surface area contributed by atoms with E-state index in [1.54, 1.807) is 0 Å².